The number of hydrogen-bond donors (Lipinski definition) is 0. The summed E-state index contributed by atoms with van der Waals surface area (Å²) in [6.07, 6.45) is 5.41. The predicted octanol–water partition coefficient (Wildman–Crippen LogP) is 3.52. The molecule has 0 radical (unpaired) electrons. The van der Waals surface area contributed by atoms with Crippen LogP contribution in [0.3, 0.4) is 0 Å². The van der Waals surface area contributed by atoms with E-state index >= 15 is 0 Å². The lowest BCUT2D eigenvalue weighted by Crippen LogP contribution is -2.56. The van der Waals surface area contributed by atoms with Gasteiger partial charge in [0.1, 0.15) is 11.7 Å². The molecule has 4 aliphatic rings. The smallest absolute Gasteiger partial charge is 0.306 e. The van der Waals surface area contributed by atoms with Gasteiger partial charge in [-0.2, -0.15) is 0 Å². The fourth-order valence-corrected chi connectivity index (χ4v) is 6.31. The molecule has 0 aromatic heterocycles. The largest absolute Gasteiger partial charge is 0.465 e. The van der Waals surface area contributed by atoms with Crippen LogP contribution < -0.4 is 0 Å². The summed E-state index contributed by atoms with van der Waals surface area (Å²) >= 11 is 0. The van der Waals surface area contributed by atoms with Gasteiger partial charge in [0.25, 0.3) is 0 Å². The van der Waals surface area contributed by atoms with Crippen molar-refractivity contribution in [3.05, 3.63) is 0 Å². The summed E-state index contributed by atoms with van der Waals surface area (Å²) in [5.74, 6) is 0.891. The summed E-state index contributed by atoms with van der Waals surface area (Å²) < 4.78 is 11.3. The number of ether oxygens (including phenoxy) is 2. The summed E-state index contributed by atoms with van der Waals surface area (Å²) in [4.78, 5) is 25.2. The highest BCUT2D eigenvalue weighted by Gasteiger charge is 2.68. The zero-order valence-electron chi connectivity index (χ0n) is 15.4. The standard InChI is InChI=1S/C20H30O4/c1-12(2)20-9-6-13(16(22)17(20)24-20)19(4)8-5-7-18(3)11-23-15(21)10-14(18)19/h12-14,17H,5-11H2,1-4H3/t13-,14-,17-,18+,19+,20-/m0/s1. The number of esters is 1. The summed E-state index contributed by atoms with van der Waals surface area (Å²) in [6, 6.07) is 0. The Labute approximate surface area is 144 Å². The maximum atomic E-state index is 13.2. The van der Waals surface area contributed by atoms with Crippen LogP contribution in [-0.4, -0.2) is 30.1 Å². The molecule has 4 fully saturated rings. The number of fused-ring (bicyclic) bond motifs is 2. The second-order valence-corrected chi connectivity index (χ2v) is 9.53. The second-order valence-electron chi connectivity index (χ2n) is 9.53. The molecule has 2 aliphatic heterocycles. The van der Waals surface area contributed by atoms with Gasteiger partial charge in [-0.25, -0.2) is 0 Å². The summed E-state index contributed by atoms with van der Waals surface area (Å²) in [7, 11) is 0. The Balaban J connectivity index is 1.63. The van der Waals surface area contributed by atoms with Crippen LogP contribution in [0.2, 0.25) is 0 Å². The van der Waals surface area contributed by atoms with E-state index in [1.807, 2.05) is 0 Å². The van der Waals surface area contributed by atoms with Gasteiger partial charge in [-0.3, -0.25) is 9.59 Å². The first kappa shape index (κ1) is 16.6. The summed E-state index contributed by atoms with van der Waals surface area (Å²) in [5, 5.41) is 0. The van der Waals surface area contributed by atoms with Gasteiger partial charge in [0, 0.05) is 17.8 Å². The average molecular weight is 334 g/mol. The molecule has 0 aromatic carbocycles. The Hall–Kier alpha value is -0.900. The zero-order valence-corrected chi connectivity index (χ0v) is 15.4. The number of carbonyl (C=O) groups is 2. The fraction of sp³-hybridized carbons (Fsp3) is 0.900. The molecule has 4 rings (SSSR count). The molecule has 24 heavy (non-hydrogen) atoms. The summed E-state index contributed by atoms with van der Waals surface area (Å²) in [6.45, 7) is 9.35. The number of Topliss-reactive ketones (excluding diaryl/α,β-unsaturated/α-hetero) is 1. The molecule has 0 aromatic rings. The molecule has 0 N–H and O–H groups in total. The third-order valence-corrected chi connectivity index (χ3v) is 7.96. The Bertz CT molecular complexity index is 584. The van der Waals surface area contributed by atoms with Crippen LogP contribution in [0.1, 0.15) is 66.2 Å². The highest BCUT2D eigenvalue weighted by molar-refractivity contribution is 5.91. The zero-order chi connectivity index (χ0) is 17.3. The van der Waals surface area contributed by atoms with Crippen LogP contribution in [0, 0.1) is 28.6 Å². The molecule has 2 aliphatic carbocycles. The van der Waals surface area contributed by atoms with Gasteiger partial charge < -0.3 is 9.47 Å². The van der Waals surface area contributed by atoms with Crippen LogP contribution >= 0.6 is 0 Å². The van der Waals surface area contributed by atoms with E-state index in [-0.39, 0.29) is 40.3 Å². The SMILES string of the molecule is CC(C)[C@@]12CC[C@H]([C@@]3(C)CCC[C@]4(C)COC(=O)C[C@@H]43)C(=O)[C@@H]1O2. The van der Waals surface area contributed by atoms with E-state index in [9.17, 15) is 9.59 Å². The van der Waals surface area contributed by atoms with Crippen molar-refractivity contribution >= 4 is 11.8 Å². The fourth-order valence-electron chi connectivity index (χ4n) is 6.31. The van der Waals surface area contributed by atoms with Crippen molar-refractivity contribution in [1.82, 2.24) is 0 Å². The Morgan fingerprint density at radius 1 is 1.12 bits per heavy atom. The molecular weight excluding hydrogens is 304 g/mol. The third-order valence-electron chi connectivity index (χ3n) is 7.96. The highest BCUT2D eigenvalue weighted by Crippen LogP contribution is 2.62. The number of carbonyl (C=O) groups excluding carboxylic acids is 2. The molecule has 134 valence electrons. The Morgan fingerprint density at radius 3 is 2.58 bits per heavy atom. The average Bonchev–Trinajstić information content (AvgIpc) is 3.27. The van der Waals surface area contributed by atoms with E-state index in [4.69, 9.17) is 9.47 Å². The maximum Gasteiger partial charge on any atom is 0.306 e. The van der Waals surface area contributed by atoms with E-state index in [1.165, 1.54) is 0 Å². The second kappa shape index (κ2) is 5.06. The van der Waals surface area contributed by atoms with E-state index in [2.05, 4.69) is 27.7 Å². The maximum absolute atomic E-state index is 13.2. The first-order valence-corrected chi connectivity index (χ1v) is 9.60. The van der Waals surface area contributed by atoms with Crippen LogP contribution in [0.5, 0.6) is 0 Å². The lowest BCUT2D eigenvalue weighted by molar-refractivity contribution is -0.179. The van der Waals surface area contributed by atoms with Gasteiger partial charge >= 0.3 is 5.97 Å². The van der Waals surface area contributed by atoms with Crippen molar-refractivity contribution in [3.63, 3.8) is 0 Å². The lowest BCUT2D eigenvalue weighted by Gasteiger charge is -2.56. The van der Waals surface area contributed by atoms with Gasteiger partial charge in [0.2, 0.25) is 0 Å². The first-order chi connectivity index (χ1) is 11.2. The van der Waals surface area contributed by atoms with E-state index in [0.29, 0.717) is 24.7 Å². The molecule has 0 unspecified atom stereocenters. The minimum atomic E-state index is -0.197. The minimum absolute atomic E-state index is 0.0260. The van der Waals surface area contributed by atoms with Gasteiger partial charge in [-0.15, -0.1) is 0 Å². The van der Waals surface area contributed by atoms with Gasteiger partial charge in [-0.1, -0.05) is 34.1 Å². The van der Waals surface area contributed by atoms with Crippen molar-refractivity contribution in [2.75, 3.05) is 6.61 Å². The van der Waals surface area contributed by atoms with Crippen molar-refractivity contribution in [2.24, 2.45) is 28.6 Å². The third kappa shape index (κ3) is 2.07. The van der Waals surface area contributed by atoms with Crippen LogP contribution in [0.4, 0.5) is 0 Å². The molecule has 0 spiro atoms. The van der Waals surface area contributed by atoms with Crippen molar-refractivity contribution in [2.45, 2.75) is 77.9 Å². The number of rotatable bonds is 2. The molecule has 2 saturated heterocycles. The quantitative estimate of drug-likeness (QED) is 0.573. The molecule has 6 atom stereocenters. The van der Waals surface area contributed by atoms with Gasteiger partial charge in [-0.05, 0) is 42.9 Å². The van der Waals surface area contributed by atoms with Crippen LogP contribution in [-0.2, 0) is 19.1 Å². The van der Waals surface area contributed by atoms with Crippen LogP contribution in [0.15, 0.2) is 0 Å². The van der Waals surface area contributed by atoms with E-state index in [0.717, 1.165) is 32.1 Å². The van der Waals surface area contributed by atoms with Crippen molar-refractivity contribution < 1.29 is 19.1 Å². The minimum Gasteiger partial charge on any atom is -0.465 e. The van der Waals surface area contributed by atoms with E-state index < -0.39 is 0 Å². The monoisotopic (exact) mass is 334 g/mol. The topological polar surface area (TPSA) is 55.9 Å². The summed E-state index contributed by atoms with van der Waals surface area (Å²) in [5.41, 5.74) is -0.260. The number of epoxide rings is 1. The van der Waals surface area contributed by atoms with Gasteiger partial charge in [0.15, 0.2) is 5.78 Å². The molecule has 4 heteroatoms. The highest BCUT2D eigenvalue weighted by atomic mass is 16.6. The molecule has 0 bridgehead atoms. The molecule has 2 saturated carbocycles. The Morgan fingerprint density at radius 2 is 1.88 bits per heavy atom. The lowest BCUT2D eigenvalue weighted by atomic mass is 9.48. The number of hydrogen-bond acceptors (Lipinski definition) is 4. The molecule has 2 heterocycles. The van der Waals surface area contributed by atoms with Crippen molar-refractivity contribution in [3.8, 4) is 0 Å². The number of cyclic esters (lactones) is 1. The van der Waals surface area contributed by atoms with Crippen LogP contribution in [0.25, 0.3) is 0 Å². The molecule has 4 nitrogen and oxygen atoms in total. The molecular formula is C20H30O4. The molecule has 0 amide bonds. The van der Waals surface area contributed by atoms with E-state index in [1.54, 1.807) is 0 Å². The predicted molar refractivity (Wildman–Crippen MR) is 89.3 cm³/mol. The van der Waals surface area contributed by atoms with Gasteiger partial charge in [0.05, 0.1) is 6.61 Å². The van der Waals surface area contributed by atoms with Crippen molar-refractivity contribution in [1.29, 1.82) is 0 Å². The normalized spacial score (nSPS) is 51.0. The first-order valence-electron chi connectivity index (χ1n) is 9.60. The Kier molecular flexibility index (Phi) is 3.49. The number of ketones is 1.